The summed E-state index contributed by atoms with van der Waals surface area (Å²) in [6.07, 6.45) is 2.77. The van der Waals surface area contributed by atoms with Gasteiger partial charge in [-0.3, -0.25) is 4.79 Å². The molecule has 0 spiro atoms. The van der Waals surface area contributed by atoms with E-state index in [1.807, 2.05) is 36.4 Å². The van der Waals surface area contributed by atoms with E-state index in [0.29, 0.717) is 12.2 Å². The Bertz CT molecular complexity index is 528. The van der Waals surface area contributed by atoms with Crippen molar-refractivity contribution in [1.82, 2.24) is 0 Å². The first kappa shape index (κ1) is 10.1. The van der Waals surface area contributed by atoms with Gasteiger partial charge >= 0.3 is 5.97 Å². The molecule has 0 fully saturated rings. The summed E-state index contributed by atoms with van der Waals surface area (Å²) in [7, 11) is 0. The highest BCUT2D eigenvalue weighted by Crippen LogP contribution is 2.32. The van der Waals surface area contributed by atoms with Gasteiger partial charge < -0.3 is 9.15 Å². The van der Waals surface area contributed by atoms with Crippen molar-refractivity contribution in [3.8, 4) is 5.75 Å². The molecule has 1 aliphatic rings. The summed E-state index contributed by atoms with van der Waals surface area (Å²) in [4.78, 5) is 11.7. The van der Waals surface area contributed by atoms with Crippen molar-refractivity contribution >= 4 is 5.97 Å². The fourth-order valence-corrected chi connectivity index (χ4v) is 2.20. The smallest absolute Gasteiger partial charge is 0.311 e. The van der Waals surface area contributed by atoms with Gasteiger partial charge in [-0.1, -0.05) is 18.2 Å². The number of benzene rings is 1. The number of carbonyl (C=O) groups is 1. The van der Waals surface area contributed by atoms with E-state index >= 15 is 0 Å². The first-order chi connectivity index (χ1) is 8.33. The van der Waals surface area contributed by atoms with Gasteiger partial charge in [0.2, 0.25) is 0 Å². The average molecular weight is 228 g/mol. The largest absolute Gasteiger partial charge is 0.469 e. The van der Waals surface area contributed by atoms with E-state index in [-0.39, 0.29) is 11.9 Å². The maximum absolute atomic E-state index is 11.7. The molecule has 3 nitrogen and oxygen atoms in total. The van der Waals surface area contributed by atoms with Gasteiger partial charge in [0.1, 0.15) is 11.5 Å². The Hall–Kier alpha value is -2.03. The fraction of sp³-hybridized carbons (Fsp3) is 0.214. The van der Waals surface area contributed by atoms with Crippen LogP contribution in [0.15, 0.2) is 47.1 Å². The molecule has 17 heavy (non-hydrogen) atoms. The number of hydrogen-bond donors (Lipinski definition) is 0. The number of fused-ring (bicyclic) bond motifs is 1. The van der Waals surface area contributed by atoms with Crippen LogP contribution in [-0.4, -0.2) is 5.97 Å². The van der Waals surface area contributed by atoms with E-state index in [1.54, 1.807) is 6.26 Å². The zero-order valence-corrected chi connectivity index (χ0v) is 9.26. The molecule has 3 rings (SSSR count). The summed E-state index contributed by atoms with van der Waals surface area (Å²) in [6, 6.07) is 11.4. The minimum Gasteiger partial charge on any atom is -0.469 e. The van der Waals surface area contributed by atoms with E-state index in [0.717, 1.165) is 17.7 Å². The number of esters is 1. The van der Waals surface area contributed by atoms with Crippen LogP contribution in [0.5, 0.6) is 5.75 Å². The molecule has 3 heteroatoms. The lowest BCUT2D eigenvalue weighted by Crippen LogP contribution is -2.10. The second-order valence-electron chi connectivity index (χ2n) is 4.20. The van der Waals surface area contributed by atoms with Crippen molar-refractivity contribution in [3.63, 3.8) is 0 Å². The number of furan rings is 1. The molecule has 2 aromatic rings. The lowest BCUT2D eigenvalue weighted by atomic mass is 9.94. The molecule has 0 amide bonds. The topological polar surface area (TPSA) is 39.4 Å². The van der Waals surface area contributed by atoms with Crippen molar-refractivity contribution in [3.05, 3.63) is 54.0 Å². The summed E-state index contributed by atoms with van der Waals surface area (Å²) < 4.78 is 10.7. The third-order valence-electron chi connectivity index (χ3n) is 3.02. The zero-order valence-electron chi connectivity index (χ0n) is 9.26. The highest BCUT2D eigenvalue weighted by molar-refractivity contribution is 5.74. The predicted molar refractivity (Wildman–Crippen MR) is 61.8 cm³/mol. The maximum atomic E-state index is 11.7. The lowest BCUT2D eigenvalue weighted by molar-refractivity contribution is -0.134. The molecule has 0 radical (unpaired) electrons. The van der Waals surface area contributed by atoms with Crippen molar-refractivity contribution in [2.45, 2.75) is 18.8 Å². The second-order valence-corrected chi connectivity index (χ2v) is 4.20. The Morgan fingerprint density at radius 2 is 1.94 bits per heavy atom. The van der Waals surface area contributed by atoms with Gasteiger partial charge in [-0.15, -0.1) is 0 Å². The number of para-hydroxylation sites is 1. The van der Waals surface area contributed by atoms with E-state index < -0.39 is 0 Å². The van der Waals surface area contributed by atoms with Crippen LogP contribution in [0.2, 0.25) is 0 Å². The zero-order chi connectivity index (χ0) is 11.7. The standard InChI is InChI=1S/C14H12O3/c15-14-9-11(12-6-3-7-16-12)8-10-4-1-2-5-13(10)17-14/h1-7,11H,8-9H2/t11-/m1/s1. The summed E-state index contributed by atoms with van der Waals surface area (Å²) in [6.45, 7) is 0. The third kappa shape index (κ3) is 1.96. The molecular weight excluding hydrogens is 216 g/mol. The van der Waals surface area contributed by atoms with Crippen LogP contribution in [0.25, 0.3) is 0 Å². The first-order valence-corrected chi connectivity index (χ1v) is 5.65. The van der Waals surface area contributed by atoms with Gasteiger partial charge in [-0.2, -0.15) is 0 Å². The van der Waals surface area contributed by atoms with Crippen molar-refractivity contribution in [2.24, 2.45) is 0 Å². The van der Waals surface area contributed by atoms with Crippen LogP contribution >= 0.6 is 0 Å². The van der Waals surface area contributed by atoms with E-state index in [4.69, 9.17) is 9.15 Å². The normalized spacial score (nSPS) is 19.3. The summed E-state index contributed by atoms with van der Waals surface area (Å²) >= 11 is 0. The van der Waals surface area contributed by atoms with Gasteiger partial charge in [0.15, 0.2) is 0 Å². The Kier molecular flexibility index (Phi) is 2.44. The van der Waals surface area contributed by atoms with Crippen molar-refractivity contribution in [2.75, 3.05) is 0 Å². The Balaban J connectivity index is 1.98. The third-order valence-corrected chi connectivity index (χ3v) is 3.02. The Morgan fingerprint density at radius 1 is 1.06 bits per heavy atom. The second kappa shape index (κ2) is 4.09. The van der Waals surface area contributed by atoms with Crippen molar-refractivity contribution < 1.29 is 13.9 Å². The Labute approximate surface area is 99.0 Å². The number of hydrogen-bond acceptors (Lipinski definition) is 3. The molecule has 0 bridgehead atoms. The average Bonchev–Trinajstić information content (AvgIpc) is 2.79. The van der Waals surface area contributed by atoms with Crippen LogP contribution in [0, 0.1) is 0 Å². The van der Waals surface area contributed by atoms with Crippen LogP contribution in [0.1, 0.15) is 23.7 Å². The van der Waals surface area contributed by atoms with Gasteiger partial charge in [-0.05, 0) is 30.2 Å². The predicted octanol–water partition coefficient (Wildman–Crippen LogP) is 2.92. The summed E-state index contributed by atoms with van der Waals surface area (Å²) in [5.74, 6) is 1.39. The van der Waals surface area contributed by atoms with E-state index in [9.17, 15) is 4.79 Å². The molecule has 1 aromatic heterocycles. The van der Waals surface area contributed by atoms with Gasteiger partial charge in [-0.25, -0.2) is 0 Å². The molecule has 0 saturated heterocycles. The lowest BCUT2D eigenvalue weighted by Gasteiger charge is -2.09. The van der Waals surface area contributed by atoms with Gasteiger partial charge in [0, 0.05) is 5.92 Å². The molecule has 0 saturated carbocycles. The molecule has 0 N–H and O–H groups in total. The van der Waals surface area contributed by atoms with Gasteiger partial charge in [0.25, 0.3) is 0 Å². The minimum absolute atomic E-state index is 0.0705. The molecule has 2 heterocycles. The molecule has 0 unspecified atom stereocenters. The Morgan fingerprint density at radius 3 is 2.76 bits per heavy atom. The molecule has 1 aromatic carbocycles. The molecule has 1 atom stereocenters. The summed E-state index contributed by atoms with van der Waals surface area (Å²) in [5, 5.41) is 0. The number of carbonyl (C=O) groups excluding carboxylic acids is 1. The first-order valence-electron chi connectivity index (χ1n) is 5.65. The van der Waals surface area contributed by atoms with Crippen LogP contribution < -0.4 is 4.74 Å². The van der Waals surface area contributed by atoms with Crippen molar-refractivity contribution in [1.29, 1.82) is 0 Å². The van der Waals surface area contributed by atoms with E-state index in [2.05, 4.69) is 0 Å². The quantitative estimate of drug-likeness (QED) is 0.556. The minimum atomic E-state index is -0.198. The number of ether oxygens (including phenoxy) is 1. The van der Waals surface area contributed by atoms with E-state index in [1.165, 1.54) is 0 Å². The van der Waals surface area contributed by atoms with Crippen LogP contribution in [-0.2, 0) is 11.2 Å². The maximum Gasteiger partial charge on any atom is 0.311 e. The SMILES string of the molecule is O=C1C[C@H](c2ccco2)Cc2ccccc2O1. The van der Waals surface area contributed by atoms with Gasteiger partial charge in [0.05, 0.1) is 12.7 Å². The monoisotopic (exact) mass is 228 g/mol. The molecule has 0 aliphatic carbocycles. The van der Waals surface area contributed by atoms with Crippen LogP contribution in [0.4, 0.5) is 0 Å². The molecule has 86 valence electrons. The fourth-order valence-electron chi connectivity index (χ4n) is 2.20. The highest BCUT2D eigenvalue weighted by atomic mass is 16.5. The van der Waals surface area contributed by atoms with Crippen LogP contribution in [0.3, 0.4) is 0 Å². The molecule has 1 aliphatic heterocycles. The number of rotatable bonds is 1. The highest BCUT2D eigenvalue weighted by Gasteiger charge is 2.25. The summed E-state index contributed by atoms with van der Waals surface area (Å²) in [5.41, 5.74) is 1.06. The molecular formula is C14H12O3.